The van der Waals surface area contributed by atoms with Crippen LogP contribution in [-0.2, 0) is 9.53 Å². The van der Waals surface area contributed by atoms with Gasteiger partial charge in [0.15, 0.2) is 0 Å². The Bertz CT molecular complexity index is 363. The summed E-state index contributed by atoms with van der Waals surface area (Å²) in [6, 6.07) is 3.84. The van der Waals surface area contributed by atoms with Gasteiger partial charge in [-0.25, -0.2) is 4.79 Å². The number of nitrogens with zero attached hydrogens (tertiary/aromatic N) is 1. The third kappa shape index (κ3) is 3.94. The molecule has 1 rings (SSSR count). The van der Waals surface area contributed by atoms with Crippen LogP contribution in [0.3, 0.4) is 0 Å². The third-order valence-corrected chi connectivity index (χ3v) is 1.80. The van der Waals surface area contributed by atoms with Gasteiger partial charge in [-0.1, -0.05) is 0 Å². The Balaban J connectivity index is 2.76. The van der Waals surface area contributed by atoms with Crippen LogP contribution in [0.1, 0.15) is 23.9 Å². The van der Waals surface area contributed by atoms with Crippen LogP contribution in [0.4, 0.5) is 0 Å². The van der Waals surface area contributed by atoms with E-state index >= 15 is 0 Å². The Morgan fingerprint density at radius 2 is 2.00 bits per heavy atom. The lowest BCUT2D eigenvalue weighted by molar-refractivity contribution is -0.137. The number of ether oxygens (including phenoxy) is 1. The fourth-order valence-corrected chi connectivity index (χ4v) is 1.32. The minimum atomic E-state index is -0.315. The van der Waals surface area contributed by atoms with E-state index in [1.165, 1.54) is 6.08 Å². The maximum atomic E-state index is 11.1. The number of hydrogen-bond acceptors (Lipinski definition) is 3. The van der Waals surface area contributed by atoms with Gasteiger partial charge in [0.05, 0.1) is 6.61 Å². The van der Waals surface area contributed by atoms with Crippen LogP contribution in [0.15, 0.2) is 18.2 Å². The Morgan fingerprint density at radius 1 is 1.40 bits per heavy atom. The van der Waals surface area contributed by atoms with Crippen molar-refractivity contribution < 1.29 is 9.53 Å². The quantitative estimate of drug-likeness (QED) is 0.561. The predicted molar refractivity (Wildman–Crippen MR) is 59.4 cm³/mol. The first kappa shape index (κ1) is 11.4. The highest BCUT2D eigenvalue weighted by Crippen LogP contribution is 2.06. The largest absolute Gasteiger partial charge is 0.463 e. The van der Waals surface area contributed by atoms with Crippen LogP contribution < -0.4 is 0 Å². The summed E-state index contributed by atoms with van der Waals surface area (Å²) in [5, 5.41) is 0. The summed E-state index contributed by atoms with van der Waals surface area (Å²) in [6.45, 7) is 6.04. The molecule has 0 bridgehead atoms. The van der Waals surface area contributed by atoms with E-state index < -0.39 is 0 Å². The average Bonchev–Trinajstić information content (AvgIpc) is 2.14. The zero-order valence-corrected chi connectivity index (χ0v) is 9.28. The zero-order chi connectivity index (χ0) is 11.3. The fourth-order valence-electron chi connectivity index (χ4n) is 1.32. The first-order chi connectivity index (χ1) is 7.11. The molecule has 80 valence electrons. The van der Waals surface area contributed by atoms with Gasteiger partial charge in [-0.15, -0.1) is 0 Å². The number of rotatable bonds is 3. The van der Waals surface area contributed by atoms with E-state index in [2.05, 4.69) is 4.98 Å². The minimum absolute atomic E-state index is 0.315. The minimum Gasteiger partial charge on any atom is -0.463 e. The van der Waals surface area contributed by atoms with Gasteiger partial charge in [0.25, 0.3) is 0 Å². The Labute approximate surface area is 89.8 Å². The Morgan fingerprint density at radius 3 is 2.53 bits per heavy atom. The smallest absolute Gasteiger partial charge is 0.330 e. The second-order valence-corrected chi connectivity index (χ2v) is 3.27. The molecule has 3 nitrogen and oxygen atoms in total. The monoisotopic (exact) mass is 205 g/mol. The molecule has 15 heavy (non-hydrogen) atoms. The molecule has 0 amide bonds. The van der Waals surface area contributed by atoms with Gasteiger partial charge in [-0.2, -0.15) is 0 Å². The highest BCUT2D eigenvalue weighted by molar-refractivity contribution is 5.87. The fraction of sp³-hybridized carbons (Fsp3) is 0.333. The number of aryl methyl sites for hydroxylation is 2. The van der Waals surface area contributed by atoms with Crippen molar-refractivity contribution in [2.24, 2.45) is 0 Å². The number of esters is 1. The molecular weight excluding hydrogens is 190 g/mol. The van der Waals surface area contributed by atoms with E-state index in [9.17, 15) is 4.79 Å². The summed E-state index contributed by atoms with van der Waals surface area (Å²) in [6.07, 6.45) is 3.16. The molecule has 0 radical (unpaired) electrons. The molecule has 0 aromatic carbocycles. The molecule has 1 aromatic rings. The van der Waals surface area contributed by atoms with Crippen molar-refractivity contribution in [2.45, 2.75) is 20.8 Å². The number of pyridine rings is 1. The van der Waals surface area contributed by atoms with Crippen LogP contribution in [0.25, 0.3) is 6.08 Å². The van der Waals surface area contributed by atoms with Crippen molar-refractivity contribution in [3.05, 3.63) is 35.2 Å². The maximum absolute atomic E-state index is 11.1. The standard InChI is InChI=1S/C12H15NO2/c1-4-15-12(14)6-5-11-7-9(2)13-10(3)8-11/h5-8H,4H2,1-3H3. The summed E-state index contributed by atoms with van der Waals surface area (Å²) in [4.78, 5) is 15.3. The van der Waals surface area contributed by atoms with Crippen molar-refractivity contribution in [3.63, 3.8) is 0 Å². The summed E-state index contributed by atoms with van der Waals surface area (Å²) in [7, 11) is 0. The van der Waals surface area contributed by atoms with Gasteiger partial charge in [0.2, 0.25) is 0 Å². The lowest BCUT2D eigenvalue weighted by Crippen LogP contribution is -1.98. The normalized spacial score (nSPS) is 10.6. The molecule has 0 aliphatic rings. The average molecular weight is 205 g/mol. The molecule has 0 spiro atoms. The second-order valence-electron chi connectivity index (χ2n) is 3.27. The zero-order valence-electron chi connectivity index (χ0n) is 9.28. The van der Waals surface area contributed by atoms with Gasteiger partial charge >= 0.3 is 5.97 Å². The molecule has 0 atom stereocenters. The van der Waals surface area contributed by atoms with E-state index in [-0.39, 0.29) is 5.97 Å². The van der Waals surface area contributed by atoms with Crippen LogP contribution in [0.5, 0.6) is 0 Å². The van der Waals surface area contributed by atoms with E-state index in [1.54, 1.807) is 13.0 Å². The third-order valence-electron chi connectivity index (χ3n) is 1.80. The SMILES string of the molecule is CCOC(=O)C=Cc1cc(C)nc(C)c1. The number of hydrogen-bond donors (Lipinski definition) is 0. The van der Waals surface area contributed by atoms with Gasteiger partial charge in [0.1, 0.15) is 0 Å². The molecule has 0 saturated heterocycles. The van der Waals surface area contributed by atoms with E-state index in [4.69, 9.17) is 4.74 Å². The number of carbonyl (C=O) groups is 1. The van der Waals surface area contributed by atoms with E-state index in [0.717, 1.165) is 17.0 Å². The second kappa shape index (κ2) is 5.29. The number of carbonyl (C=O) groups excluding carboxylic acids is 1. The molecule has 0 fully saturated rings. The van der Waals surface area contributed by atoms with Crippen LogP contribution in [-0.4, -0.2) is 17.6 Å². The summed E-state index contributed by atoms with van der Waals surface area (Å²) in [5.41, 5.74) is 2.85. The molecular formula is C12H15NO2. The maximum Gasteiger partial charge on any atom is 0.330 e. The molecule has 0 aliphatic carbocycles. The molecule has 0 saturated carbocycles. The molecule has 1 heterocycles. The predicted octanol–water partition coefficient (Wildman–Crippen LogP) is 2.27. The van der Waals surface area contributed by atoms with Gasteiger partial charge in [0, 0.05) is 17.5 Å². The lowest BCUT2D eigenvalue weighted by atomic mass is 10.2. The summed E-state index contributed by atoms with van der Waals surface area (Å²) >= 11 is 0. The highest BCUT2D eigenvalue weighted by atomic mass is 16.5. The molecule has 0 aliphatic heterocycles. The lowest BCUT2D eigenvalue weighted by Gasteiger charge is -1.99. The van der Waals surface area contributed by atoms with Crippen LogP contribution >= 0.6 is 0 Å². The van der Waals surface area contributed by atoms with E-state index in [0.29, 0.717) is 6.61 Å². The van der Waals surface area contributed by atoms with Crippen LogP contribution in [0, 0.1) is 13.8 Å². The molecule has 0 unspecified atom stereocenters. The molecule has 1 aromatic heterocycles. The van der Waals surface area contributed by atoms with Crippen molar-refractivity contribution >= 4 is 12.0 Å². The van der Waals surface area contributed by atoms with E-state index in [1.807, 2.05) is 26.0 Å². The van der Waals surface area contributed by atoms with Crippen molar-refractivity contribution in [2.75, 3.05) is 6.61 Å². The first-order valence-electron chi connectivity index (χ1n) is 4.92. The first-order valence-corrected chi connectivity index (χ1v) is 4.92. The topological polar surface area (TPSA) is 39.2 Å². The molecule has 3 heteroatoms. The summed E-state index contributed by atoms with van der Waals surface area (Å²) in [5.74, 6) is -0.315. The van der Waals surface area contributed by atoms with Crippen molar-refractivity contribution in [1.82, 2.24) is 4.98 Å². The van der Waals surface area contributed by atoms with Crippen molar-refractivity contribution in [1.29, 1.82) is 0 Å². The van der Waals surface area contributed by atoms with Gasteiger partial charge < -0.3 is 4.74 Å². The highest BCUT2D eigenvalue weighted by Gasteiger charge is 1.96. The van der Waals surface area contributed by atoms with Gasteiger partial charge in [-0.3, -0.25) is 4.98 Å². The Hall–Kier alpha value is -1.64. The van der Waals surface area contributed by atoms with Crippen molar-refractivity contribution in [3.8, 4) is 0 Å². The summed E-state index contributed by atoms with van der Waals surface area (Å²) < 4.78 is 4.78. The van der Waals surface area contributed by atoms with Crippen LogP contribution in [0.2, 0.25) is 0 Å². The molecule has 0 N–H and O–H groups in total. The Kier molecular flexibility index (Phi) is 4.03. The number of aromatic nitrogens is 1. The van der Waals surface area contributed by atoms with Gasteiger partial charge in [-0.05, 0) is 44.5 Å².